The Bertz CT molecular complexity index is 1160. The van der Waals surface area contributed by atoms with Crippen molar-refractivity contribution in [2.75, 3.05) is 0 Å². The Kier molecular flexibility index (Phi) is 5.56. The van der Waals surface area contributed by atoms with Crippen LogP contribution in [0.2, 0.25) is 0 Å². The fourth-order valence-corrected chi connectivity index (χ4v) is 3.66. The van der Waals surface area contributed by atoms with Gasteiger partial charge in [-0.05, 0) is 48.4 Å². The first-order valence-electron chi connectivity index (χ1n) is 9.37. The van der Waals surface area contributed by atoms with Crippen molar-refractivity contribution in [3.05, 3.63) is 82.2 Å². The van der Waals surface area contributed by atoms with Crippen molar-refractivity contribution in [3.63, 3.8) is 0 Å². The molecular weight excluding hydrogens is 432 g/mol. The third-order valence-electron chi connectivity index (χ3n) is 5.02. The van der Waals surface area contributed by atoms with Crippen molar-refractivity contribution in [2.45, 2.75) is 25.9 Å². The summed E-state index contributed by atoms with van der Waals surface area (Å²) in [6.07, 6.45) is 2.27. The van der Waals surface area contributed by atoms with E-state index in [1.165, 1.54) is 0 Å². The second-order valence-electron chi connectivity index (χ2n) is 7.07. The number of aromatic amines is 1. The fraction of sp³-hybridized carbons (Fsp3) is 0.174. The molecule has 2 heterocycles. The molecule has 2 aromatic carbocycles. The summed E-state index contributed by atoms with van der Waals surface area (Å²) in [5.74, 6) is 0.581. The van der Waals surface area contributed by atoms with Crippen LogP contribution in [0.1, 0.15) is 16.9 Å². The first kappa shape index (κ1) is 19.5. The zero-order chi connectivity index (χ0) is 20.4. The number of hydrogen-bond donors (Lipinski definition) is 3. The van der Waals surface area contributed by atoms with Crippen LogP contribution in [0.5, 0.6) is 0 Å². The average molecular weight is 453 g/mol. The Morgan fingerprint density at radius 2 is 2.03 bits per heavy atom. The molecule has 5 nitrogen and oxygen atoms in total. The molecule has 4 aromatic rings. The van der Waals surface area contributed by atoms with E-state index in [4.69, 9.17) is 4.42 Å². The highest BCUT2D eigenvalue weighted by atomic mass is 79.9. The maximum absolute atomic E-state index is 11.8. The van der Waals surface area contributed by atoms with Gasteiger partial charge in [-0.25, -0.2) is 0 Å². The number of nitrogens with one attached hydrogen (secondary N) is 2. The smallest absolute Gasteiger partial charge is 0.321 e. The van der Waals surface area contributed by atoms with Gasteiger partial charge < -0.3 is 14.5 Å². The summed E-state index contributed by atoms with van der Waals surface area (Å²) in [4.78, 5) is 15.0. The molecular formula is C23H21BrN2O3. The van der Waals surface area contributed by atoms with E-state index in [1.54, 1.807) is 0 Å². The molecule has 0 fully saturated rings. The van der Waals surface area contributed by atoms with Crippen LogP contribution in [0.3, 0.4) is 0 Å². The molecule has 1 atom stereocenters. The van der Waals surface area contributed by atoms with Gasteiger partial charge in [0, 0.05) is 33.6 Å². The Balaban J connectivity index is 1.45. The second kappa shape index (κ2) is 8.27. The minimum absolute atomic E-state index is 0.342. The molecule has 148 valence electrons. The Labute approximate surface area is 176 Å². The van der Waals surface area contributed by atoms with Crippen molar-refractivity contribution in [3.8, 4) is 11.3 Å². The molecule has 0 bridgehead atoms. The molecule has 0 saturated heterocycles. The van der Waals surface area contributed by atoms with Gasteiger partial charge in [0.15, 0.2) is 0 Å². The zero-order valence-corrected chi connectivity index (χ0v) is 17.5. The van der Waals surface area contributed by atoms with Gasteiger partial charge in [0.05, 0.1) is 6.54 Å². The molecule has 0 saturated carbocycles. The number of halogens is 1. The third kappa shape index (κ3) is 4.28. The summed E-state index contributed by atoms with van der Waals surface area (Å²) in [5.41, 5.74) is 4.10. The van der Waals surface area contributed by atoms with E-state index in [-0.39, 0.29) is 0 Å². The van der Waals surface area contributed by atoms with E-state index in [0.29, 0.717) is 18.7 Å². The number of furan rings is 1. The summed E-state index contributed by atoms with van der Waals surface area (Å²) < 4.78 is 6.98. The lowest BCUT2D eigenvalue weighted by Crippen LogP contribution is -2.37. The number of carbonyl (C=O) groups is 1. The first-order valence-corrected chi connectivity index (χ1v) is 10.2. The van der Waals surface area contributed by atoms with E-state index in [2.05, 4.69) is 32.3 Å². The number of hydrogen-bond acceptors (Lipinski definition) is 3. The van der Waals surface area contributed by atoms with Gasteiger partial charge >= 0.3 is 5.97 Å². The SMILES string of the molecule is Cc1cc(-c2ccc(CNC(Cc3c[nH]c4ccccc34)C(=O)O)o2)ccc1Br. The number of para-hydroxylation sites is 1. The Hall–Kier alpha value is -2.83. The van der Waals surface area contributed by atoms with Gasteiger partial charge in [-0.2, -0.15) is 0 Å². The zero-order valence-electron chi connectivity index (χ0n) is 15.9. The highest BCUT2D eigenvalue weighted by Crippen LogP contribution is 2.27. The largest absolute Gasteiger partial charge is 0.480 e. The number of fused-ring (bicyclic) bond motifs is 1. The van der Waals surface area contributed by atoms with Crippen LogP contribution in [-0.2, 0) is 17.8 Å². The Morgan fingerprint density at radius 3 is 2.83 bits per heavy atom. The highest BCUT2D eigenvalue weighted by molar-refractivity contribution is 9.10. The Morgan fingerprint density at radius 1 is 1.21 bits per heavy atom. The van der Waals surface area contributed by atoms with Gasteiger partial charge in [0.1, 0.15) is 17.6 Å². The maximum Gasteiger partial charge on any atom is 0.321 e. The van der Waals surface area contributed by atoms with Crippen molar-refractivity contribution < 1.29 is 14.3 Å². The van der Waals surface area contributed by atoms with Gasteiger partial charge in [0.25, 0.3) is 0 Å². The van der Waals surface area contributed by atoms with Gasteiger partial charge in [-0.15, -0.1) is 0 Å². The van der Waals surface area contributed by atoms with E-state index in [9.17, 15) is 9.90 Å². The summed E-state index contributed by atoms with van der Waals surface area (Å²) in [6, 6.07) is 17.0. The predicted molar refractivity (Wildman–Crippen MR) is 117 cm³/mol. The van der Waals surface area contributed by atoms with Crippen molar-refractivity contribution in [2.24, 2.45) is 0 Å². The third-order valence-corrected chi connectivity index (χ3v) is 5.91. The number of carboxylic acid groups (broad SMARTS) is 1. The molecule has 4 rings (SSSR count). The van der Waals surface area contributed by atoms with E-state index < -0.39 is 12.0 Å². The van der Waals surface area contributed by atoms with E-state index in [0.717, 1.165) is 37.8 Å². The lowest BCUT2D eigenvalue weighted by molar-refractivity contribution is -0.139. The molecule has 0 spiro atoms. The lowest BCUT2D eigenvalue weighted by Gasteiger charge is -2.13. The molecule has 29 heavy (non-hydrogen) atoms. The van der Waals surface area contributed by atoms with Crippen LogP contribution in [-0.4, -0.2) is 22.1 Å². The van der Waals surface area contributed by atoms with Crippen LogP contribution in [0.4, 0.5) is 0 Å². The molecule has 0 radical (unpaired) electrons. The number of rotatable bonds is 7. The second-order valence-corrected chi connectivity index (χ2v) is 7.92. The molecule has 3 N–H and O–H groups in total. The molecule has 2 aromatic heterocycles. The minimum atomic E-state index is -0.884. The van der Waals surface area contributed by atoms with Crippen LogP contribution in [0.15, 0.2) is 69.7 Å². The average Bonchev–Trinajstić information content (AvgIpc) is 3.34. The van der Waals surface area contributed by atoms with Crippen molar-refractivity contribution in [1.29, 1.82) is 0 Å². The fourth-order valence-electron chi connectivity index (χ4n) is 3.42. The molecule has 0 aliphatic carbocycles. The topological polar surface area (TPSA) is 78.3 Å². The van der Waals surface area contributed by atoms with E-state index >= 15 is 0 Å². The summed E-state index contributed by atoms with van der Waals surface area (Å²) in [7, 11) is 0. The van der Waals surface area contributed by atoms with Crippen LogP contribution in [0.25, 0.3) is 22.2 Å². The quantitative estimate of drug-likeness (QED) is 0.356. The molecule has 0 aliphatic rings. The molecule has 0 aliphatic heterocycles. The molecule has 0 amide bonds. The summed E-state index contributed by atoms with van der Waals surface area (Å²) in [6.45, 7) is 2.37. The minimum Gasteiger partial charge on any atom is -0.480 e. The molecule has 1 unspecified atom stereocenters. The normalized spacial score (nSPS) is 12.3. The van der Waals surface area contributed by atoms with E-state index in [1.807, 2.05) is 61.7 Å². The number of carboxylic acids is 1. The van der Waals surface area contributed by atoms with Crippen LogP contribution in [0, 0.1) is 6.92 Å². The van der Waals surface area contributed by atoms with Gasteiger partial charge in [-0.3, -0.25) is 10.1 Å². The highest BCUT2D eigenvalue weighted by Gasteiger charge is 2.20. The number of aromatic nitrogens is 1. The number of aryl methyl sites for hydroxylation is 1. The van der Waals surface area contributed by atoms with Gasteiger partial charge in [-0.1, -0.05) is 40.2 Å². The van der Waals surface area contributed by atoms with Crippen molar-refractivity contribution >= 4 is 32.8 Å². The first-order chi connectivity index (χ1) is 14.0. The monoisotopic (exact) mass is 452 g/mol. The van der Waals surface area contributed by atoms with Crippen LogP contribution >= 0.6 is 15.9 Å². The standard InChI is InChI=1S/C23H21BrN2O3/c1-14-10-15(6-8-19(14)24)22-9-7-17(29-22)13-26-21(23(27)28)11-16-12-25-20-5-3-2-4-18(16)20/h2-10,12,21,25-26H,11,13H2,1H3,(H,27,28). The van der Waals surface area contributed by atoms with Crippen molar-refractivity contribution in [1.82, 2.24) is 10.3 Å². The van der Waals surface area contributed by atoms with Gasteiger partial charge in [0.2, 0.25) is 0 Å². The summed E-state index contributed by atoms with van der Waals surface area (Å²) in [5, 5.41) is 13.8. The maximum atomic E-state index is 11.8. The predicted octanol–water partition coefficient (Wildman–Crippen LogP) is 5.28. The van der Waals surface area contributed by atoms with Crippen LogP contribution < -0.4 is 5.32 Å². The molecule has 6 heteroatoms. The number of H-pyrrole nitrogens is 1. The number of benzene rings is 2. The summed E-state index contributed by atoms with van der Waals surface area (Å²) >= 11 is 3.50. The lowest BCUT2D eigenvalue weighted by atomic mass is 10.0. The number of aliphatic carboxylic acids is 1.